The summed E-state index contributed by atoms with van der Waals surface area (Å²) in [5.74, 6) is 0.246. The molecule has 0 saturated carbocycles. The molecule has 0 bridgehead atoms. The van der Waals surface area contributed by atoms with Gasteiger partial charge in [-0.05, 0) is 47.0 Å². The summed E-state index contributed by atoms with van der Waals surface area (Å²) in [6, 6.07) is 4.97. The standard InChI is InChI=1S/C11H15Br2NO2S/c1-7(2)8(3)14-17(15,16)11-6-9(12)4-5-10(11)13/h4-8,14H,1-3H3. The predicted octanol–water partition coefficient (Wildman–Crippen LogP) is 3.53. The van der Waals surface area contributed by atoms with Crippen molar-refractivity contribution in [2.45, 2.75) is 31.7 Å². The van der Waals surface area contributed by atoms with Crippen molar-refractivity contribution in [1.82, 2.24) is 4.72 Å². The number of hydrogen-bond donors (Lipinski definition) is 1. The first kappa shape index (κ1) is 15.1. The lowest BCUT2D eigenvalue weighted by Crippen LogP contribution is -2.36. The minimum absolute atomic E-state index is 0.106. The summed E-state index contributed by atoms with van der Waals surface area (Å²) in [7, 11) is -3.48. The zero-order valence-electron chi connectivity index (χ0n) is 9.87. The van der Waals surface area contributed by atoms with E-state index in [0.717, 1.165) is 4.47 Å². The summed E-state index contributed by atoms with van der Waals surface area (Å²) < 4.78 is 28.3. The van der Waals surface area contributed by atoms with E-state index >= 15 is 0 Å². The van der Waals surface area contributed by atoms with Crippen LogP contribution in [0.3, 0.4) is 0 Å². The Hall–Kier alpha value is 0.0900. The van der Waals surface area contributed by atoms with Gasteiger partial charge in [-0.15, -0.1) is 0 Å². The third kappa shape index (κ3) is 4.05. The minimum Gasteiger partial charge on any atom is -0.208 e. The van der Waals surface area contributed by atoms with E-state index in [1.54, 1.807) is 18.2 Å². The first-order valence-corrected chi connectivity index (χ1v) is 8.28. The van der Waals surface area contributed by atoms with Crippen molar-refractivity contribution in [3.8, 4) is 0 Å². The van der Waals surface area contributed by atoms with Crippen LogP contribution in [0.25, 0.3) is 0 Å². The van der Waals surface area contributed by atoms with Crippen LogP contribution in [0.5, 0.6) is 0 Å². The van der Waals surface area contributed by atoms with Crippen LogP contribution in [0.4, 0.5) is 0 Å². The van der Waals surface area contributed by atoms with Crippen molar-refractivity contribution in [2.24, 2.45) is 5.92 Å². The first-order chi connectivity index (χ1) is 7.74. The summed E-state index contributed by atoms with van der Waals surface area (Å²) in [6.07, 6.45) is 0. The van der Waals surface area contributed by atoms with Crippen LogP contribution >= 0.6 is 31.9 Å². The zero-order valence-corrected chi connectivity index (χ0v) is 13.9. The van der Waals surface area contributed by atoms with E-state index in [-0.39, 0.29) is 16.9 Å². The van der Waals surface area contributed by atoms with Gasteiger partial charge in [-0.2, -0.15) is 0 Å². The van der Waals surface area contributed by atoms with Crippen molar-refractivity contribution in [1.29, 1.82) is 0 Å². The summed E-state index contributed by atoms with van der Waals surface area (Å²) >= 11 is 6.52. The van der Waals surface area contributed by atoms with Crippen LogP contribution in [-0.4, -0.2) is 14.5 Å². The van der Waals surface area contributed by atoms with Gasteiger partial charge in [0.05, 0.1) is 4.90 Å². The Morgan fingerprint density at radius 3 is 2.29 bits per heavy atom. The molecule has 6 heteroatoms. The Morgan fingerprint density at radius 1 is 1.18 bits per heavy atom. The van der Waals surface area contributed by atoms with Gasteiger partial charge in [0, 0.05) is 15.0 Å². The molecule has 0 heterocycles. The molecule has 1 unspecified atom stereocenters. The fourth-order valence-electron chi connectivity index (χ4n) is 1.13. The molecule has 0 radical (unpaired) electrons. The van der Waals surface area contributed by atoms with Crippen molar-refractivity contribution in [3.05, 3.63) is 27.1 Å². The molecular weight excluding hydrogens is 370 g/mol. The fraction of sp³-hybridized carbons (Fsp3) is 0.455. The van der Waals surface area contributed by atoms with Crippen molar-refractivity contribution in [3.63, 3.8) is 0 Å². The lowest BCUT2D eigenvalue weighted by molar-refractivity contribution is 0.476. The van der Waals surface area contributed by atoms with E-state index in [9.17, 15) is 8.42 Å². The molecule has 0 fully saturated rings. The average molecular weight is 385 g/mol. The topological polar surface area (TPSA) is 46.2 Å². The van der Waals surface area contributed by atoms with Gasteiger partial charge in [-0.1, -0.05) is 29.8 Å². The monoisotopic (exact) mass is 383 g/mol. The lowest BCUT2D eigenvalue weighted by Gasteiger charge is -2.18. The normalized spacial score (nSPS) is 14.0. The number of rotatable bonds is 4. The van der Waals surface area contributed by atoms with E-state index in [1.165, 1.54) is 0 Å². The zero-order chi connectivity index (χ0) is 13.2. The molecule has 0 amide bonds. The number of sulfonamides is 1. The molecule has 0 saturated heterocycles. The minimum atomic E-state index is -3.48. The molecular formula is C11H15Br2NO2S. The Kier molecular flexibility index (Phi) is 5.19. The van der Waals surface area contributed by atoms with E-state index in [0.29, 0.717) is 4.47 Å². The highest BCUT2D eigenvalue weighted by molar-refractivity contribution is 9.11. The maximum atomic E-state index is 12.2. The number of halogens is 2. The van der Waals surface area contributed by atoms with Gasteiger partial charge < -0.3 is 0 Å². The fourth-order valence-corrected chi connectivity index (χ4v) is 4.02. The third-order valence-electron chi connectivity index (χ3n) is 2.52. The summed E-state index contributed by atoms with van der Waals surface area (Å²) in [5.41, 5.74) is 0. The second kappa shape index (κ2) is 5.82. The molecule has 3 nitrogen and oxygen atoms in total. The molecule has 1 aromatic rings. The first-order valence-electron chi connectivity index (χ1n) is 5.21. The van der Waals surface area contributed by atoms with Gasteiger partial charge in [0.2, 0.25) is 10.0 Å². The molecule has 0 aromatic heterocycles. The largest absolute Gasteiger partial charge is 0.241 e. The smallest absolute Gasteiger partial charge is 0.208 e. The van der Waals surface area contributed by atoms with Crippen molar-refractivity contribution in [2.75, 3.05) is 0 Å². The Balaban J connectivity index is 3.09. The van der Waals surface area contributed by atoms with Gasteiger partial charge >= 0.3 is 0 Å². The van der Waals surface area contributed by atoms with Crippen LogP contribution in [-0.2, 0) is 10.0 Å². The molecule has 0 spiro atoms. The summed E-state index contributed by atoms with van der Waals surface area (Å²) in [4.78, 5) is 0.249. The van der Waals surface area contributed by atoms with E-state index in [2.05, 4.69) is 36.6 Å². The van der Waals surface area contributed by atoms with Crippen LogP contribution < -0.4 is 4.72 Å². The molecule has 1 rings (SSSR count). The molecule has 1 aromatic carbocycles. The maximum Gasteiger partial charge on any atom is 0.241 e. The van der Waals surface area contributed by atoms with Gasteiger partial charge in [0.1, 0.15) is 0 Å². The molecule has 96 valence electrons. The van der Waals surface area contributed by atoms with Crippen LogP contribution in [0.2, 0.25) is 0 Å². The van der Waals surface area contributed by atoms with Crippen molar-refractivity contribution < 1.29 is 8.42 Å². The lowest BCUT2D eigenvalue weighted by atomic mass is 10.1. The summed E-state index contributed by atoms with van der Waals surface area (Å²) in [6.45, 7) is 5.81. The predicted molar refractivity (Wildman–Crippen MR) is 76.5 cm³/mol. The highest BCUT2D eigenvalue weighted by Crippen LogP contribution is 2.26. The van der Waals surface area contributed by atoms with Gasteiger partial charge in [-0.3, -0.25) is 0 Å². The van der Waals surface area contributed by atoms with Gasteiger partial charge in [0.25, 0.3) is 0 Å². The molecule has 0 aliphatic carbocycles. The van der Waals surface area contributed by atoms with Gasteiger partial charge in [-0.25, -0.2) is 13.1 Å². The molecule has 0 aliphatic heterocycles. The van der Waals surface area contributed by atoms with Crippen molar-refractivity contribution >= 4 is 41.9 Å². The molecule has 0 aliphatic rings. The van der Waals surface area contributed by atoms with E-state index < -0.39 is 10.0 Å². The van der Waals surface area contributed by atoms with Crippen LogP contribution in [0.15, 0.2) is 32.0 Å². The Bertz CT molecular complexity index is 500. The van der Waals surface area contributed by atoms with Gasteiger partial charge in [0.15, 0.2) is 0 Å². The quantitative estimate of drug-likeness (QED) is 0.862. The molecule has 1 atom stereocenters. The maximum absolute atomic E-state index is 12.2. The number of hydrogen-bond acceptors (Lipinski definition) is 2. The van der Waals surface area contributed by atoms with Crippen LogP contribution in [0, 0.1) is 5.92 Å². The summed E-state index contributed by atoms with van der Waals surface area (Å²) in [5, 5.41) is 0. The van der Waals surface area contributed by atoms with E-state index in [4.69, 9.17) is 0 Å². The SMILES string of the molecule is CC(C)C(C)NS(=O)(=O)c1cc(Br)ccc1Br. The Labute approximate surface area is 119 Å². The Morgan fingerprint density at radius 2 is 1.76 bits per heavy atom. The third-order valence-corrected chi connectivity index (χ3v) is 5.57. The van der Waals surface area contributed by atoms with E-state index in [1.807, 2.05) is 20.8 Å². The highest BCUT2D eigenvalue weighted by Gasteiger charge is 2.21. The molecule has 1 N–H and O–H groups in total. The second-order valence-electron chi connectivity index (χ2n) is 4.23. The molecule has 17 heavy (non-hydrogen) atoms. The second-order valence-corrected chi connectivity index (χ2v) is 7.68. The highest BCUT2D eigenvalue weighted by atomic mass is 79.9. The number of nitrogens with one attached hydrogen (secondary N) is 1. The number of benzene rings is 1. The average Bonchev–Trinajstić information content (AvgIpc) is 2.20. The van der Waals surface area contributed by atoms with Crippen LogP contribution in [0.1, 0.15) is 20.8 Å².